The van der Waals surface area contributed by atoms with Crippen LogP contribution < -0.4 is 18.9 Å². The van der Waals surface area contributed by atoms with Crippen molar-refractivity contribution in [3.05, 3.63) is 47.5 Å². The van der Waals surface area contributed by atoms with Crippen molar-refractivity contribution in [1.82, 2.24) is 0 Å². The molecule has 2 aromatic carbocycles. The summed E-state index contributed by atoms with van der Waals surface area (Å²) < 4.78 is 27.4. The summed E-state index contributed by atoms with van der Waals surface area (Å²) in [6, 6.07) is 10.9. The van der Waals surface area contributed by atoms with Gasteiger partial charge in [-0.25, -0.2) is 0 Å². The lowest BCUT2D eigenvalue weighted by Gasteiger charge is -2.25. The Bertz CT molecular complexity index is 837. The highest BCUT2D eigenvalue weighted by atomic mass is 16.7. The molecule has 0 saturated carbocycles. The van der Waals surface area contributed by atoms with Gasteiger partial charge in [0.1, 0.15) is 0 Å². The Hall–Kier alpha value is -2.48. The number of hydrogen-bond donors (Lipinski definition) is 2. The van der Waals surface area contributed by atoms with Gasteiger partial charge in [0, 0.05) is 18.4 Å². The van der Waals surface area contributed by atoms with Gasteiger partial charge in [0.15, 0.2) is 23.0 Å². The summed E-state index contributed by atoms with van der Waals surface area (Å²) in [4.78, 5) is 0. The maximum Gasteiger partial charge on any atom is 0.231 e. The number of aliphatic hydroxyl groups is 2. The van der Waals surface area contributed by atoms with E-state index in [-0.39, 0.29) is 31.3 Å². The number of rotatable bonds is 6. The number of ether oxygens (including phenoxy) is 5. The largest absolute Gasteiger partial charge is 0.493 e. The Labute approximate surface area is 163 Å². The molecule has 4 atom stereocenters. The first kappa shape index (κ1) is 18.9. The molecule has 0 aliphatic carbocycles. The van der Waals surface area contributed by atoms with E-state index in [1.807, 2.05) is 18.2 Å². The Balaban J connectivity index is 1.57. The van der Waals surface area contributed by atoms with E-state index in [0.29, 0.717) is 35.2 Å². The van der Waals surface area contributed by atoms with Crippen molar-refractivity contribution in [3.8, 4) is 23.0 Å². The molecule has 2 aromatic rings. The van der Waals surface area contributed by atoms with Gasteiger partial charge in [-0.2, -0.15) is 0 Å². The van der Waals surface area contributed by atoms with E-state index in [1.165, 1.54) is 0 Å². The summed E-state index contributed by atoms with van der Waals surface area (Å²) in [5.41, 5.74) is 1.58. The summed E-state index contributed by atoms with van der Waals surface area (Å²) in [5.74, 6) is 1.98. The third kappa shape index (κ3) is 3.26. The molecule has 0 amide bonds. The smallest absolute Gasteiger partial charge is 0.231 e. The zero-order valence-corrected chi connectivity index (χ0v) is 15.8. The van der Waals surface area contributed by atoms with Crippen LogP contribution in [-0.4, -0.2) is 44.4 Å². The quantitative estimate of drug-likeness (QED) is 0.786. The molecule has 0 radical (unpaired) electrons. The summed E-state index contributed by atoms with van der Waals surface area (Å²) in [7, 11) is 3.12. The minimum absolute atomic E-state index is 0.103. The number of fused-ring (bicyclic) bond motifs is 1. The van der Waals surface area contributed by atoms with Gasteiger partial charge in [0.05, 0.1) is 33.0 Å². The SMILES string of the molecule is COc1ccc([C@H](O)[C@H]2CO[C@H](c3ccc4c(c3)OCO4)[C@H]2CO)cc1OC. The first-order valence-electron chi connectivity index (χ1n) is 9.18. The average molecular weight is 388 g/mol. The predicted octanol–water partition coefficient (Wildman–Crippen LogP) is 2.46. The van der Waals surface area contributed by atoms with Crippen molar-refractivity contribution in [2.75, 3.05) is 34.2 Å². The number of benzene rings is 2. The zero-order valence-electron chi connectivity index (χ0n) is 15.8. The normalized spacial score (nSPS) is 24.2. The van der Waals surface area contributed by atoms with Crippen LogP contribution in [0.4, 0.5) is 0 Å². The Morgan fingerprint density at radius 1 is 1.04 bits per heavy atom. The van der Waals surface area contributed by atoms with Crippen LogP contribution >= 0.6 is 0 Å². The van der Waals surface area contributed by atoms with Gasteiger partial charge < -0.3 is 33.9 Å². The molecular weight excluding hydrogens is 364 g/mol. The fraction of sp³-hybridized carbons (Fsp3) is 0.429. The van der Waals surface area contributed by atoms with E-state index >= 15 is 0 Å². The highest BCUT2D eigenvalue weighted by Gasteiger charge is 2.42. The molecule has 2 aliphatic rings. The van der Waals surface area contributed by atoms with Crippen molar-refractivity contribution in [1.29, 1.82) is 0 Å². The molecule has 0 spiro atoms. The van der Waals surface area contributed by atoms with Gasteiger partial charge in [-0.05, 0) is 35.4 Å². The highest BCUT2D eigenvalue weighted by Crippen LogP contribution is 2.46. The van der Waals surface area contributed by atoms with Gasteiger partial charge >= 0.3 is 0 Å². The molecule has 28 heavy (non-hydrogen) atoms. The van der Waals surface area contributed by atoms with E-state index in [2.05, 4.69) is 0 Å². The molecule has 2 heterocycles. The molecule has 2 aliphatic heterocycles. The topological polar surface area (TPSA) is 86.6 Å². The number of methoxy groups -OCH3 is 2. The van der Waals surface area contributed by atoms with Gasteiger partial charge in [-0.1, -0.05) is 12.1 Å². The predicted molar refractivity (Wildman–Crippen MR) is 99.8 cm³/mol. The molecule has 0 aromatic heterocycles. The molecule has 150 valence electrons. The third-order valence-corrected chi connectivity index (χ3v) is 5.50. The zero-order chi connectivity index (χ0) is 19.7. The van der Waals surface area contributed by atoms with Crippen LogP contribution in [0.3, 0.4) is 0 Å². The van der Waals surface area contributed by atoms with Crippen molar-refractivity contribution < 1.29 is 33.9 Å². The Morgan fingerprint density at radius 3 is 2.57 bits per heavy atom. The summed E-state index contributed by atoms with van der Waals surface area (Å²) in [5, 5.41) is 21.0. The maximum atomic E-state index is 11.0. The molecule has 0 unspecified atom stereocenters. The lowest BCUT2D eigenvalue weighted by molar-refractivity contribution is 0.0633. The second-order valence-electron chi connectivity index (χ2n) is 6.94. The summed E-state index contributed by atoms with van der Waals surface area (Å²) in [6.07, 6.45) is -1.14. The minimum Gasteiger partial charge on any atom is -0.493 e. The number of aliphatic hydroxyl groups excluding tert-OH is 2. The van der Waals surface area contributed by atoms with Crippen LogP contribution in [0.5, 0.6) is 23.0 Å². The van der Waals surface area contributed by atoms with Gasteiger partial charge in [0.25, 0.3) is 0 Å². The van der Waals surface area contributed by atoms with E-state index < -0.39 is 6.10 Å². The fourth-order valence-corrected chi connectivity index (χ4v) is 3.96. The highest BCUT2D eigenvalue weighted by molar-refractivity contribution is 5.46. The first-order valence-corrected chi connectivity index (χ1v) is 9.18. The Kier molecular flexibility index (Phi) is 5.30. The van der Waals surface area contributed by atoms with Crippen LogP contribution in [0.15, 0.2) is 36.4 Å². The van der Waals surface area contributed by atoms with Crippen molar-refractivity contribution in [2.45, 2.75) is 12.2 Å². The standard InChI is InChI=1S/C21H24O7/c1-24-16-5-3-12(7-18(16)25-2)20(23)15-10-26-21(14(15)9-22)13-4-6-17-19(8-13)28-11-27-17/h3-8,14-15,20-23H,9-11H2,1-2H3/t14-,15-,20-,21+/m0/s1. The van der Waals surface area contributed by atoms with Crippen molar-refractivity contribution in [3.63, 3.8) is 0 Å². The van der Waals surface area contributed by atoms with E-state index in [9.17, 15) is 10.2 Å². The molecular formula is C21H24O7. The molecule has 1 fully saturated rings. The molecule has 2 N–H and O–H groups in total. The fourth-order valence-electron chi connectivity index (χ4n) is 3.96. The summed E-state index contributed by atoms with van der Waals surface area (Å²) >= 11 is 0. The van der Waals surface area contributed by atoms with Crippen LogP contribution in [0, 0.1) is 11.8 Å². The first-order chi connectivity index (χ1) is 13.7. The molecule has 0 bridgehead atoms. The molecule has 7 heteroatoms. The van der Waals surface area contributed by atoms with Crippen LogP contribution in [0.2, 0.25) is 0 Å². The molecule has 1 saturated heterocycles. The lowest BCUT2D eigenvalue weighted by Crippen LogP contribution is -2.25. The van der Waals surface area contributed by atoms with Crippen molar-refractivity contribution >= 4 is 0 Å². The second-order valence-corrected chi connectivity index (χ2v) is 6.94. The Morgan fingerprint density at radius 2 is 1.82 bits per heavy atom. The molecule has 4 rings (SSSR count). The summed E-state index contributed by atoms with van der Waals surface area (Å²) in [6.45, 7) is 0.433. The number of hydrogen-bond acceptors (Lipinski definition) is 7. The van der Waals surface area contributed by atoms with Crippen LogP contribution in [0.25, 0.3) is 0 Å². The third-order valence-electron chi connectivity index (χ3n) is 5.50. The minimum atomic E-state index is -0.809. The average Bonchev–Trinajstić information content (AvgIpc) is 3.38. The monoisotopic (exact) mass is 388 g/mol. The molecule has 7 nitrogen and oxygen atoms in total. The maximum absolute atomic E-state index is 11.0. The van der Waals surface area contributed by atoms with E-state index in [1.54, 1.807) is 32.4 Å². The van der Waals surface area contributed by atoms with Gasteiger partial charge in [0.2, 0.25) is 6.79 Å². The van der Waals surface area contributed by atoms with Gasteiger partial charge in [-0.15, -0.1) is 0 Å². The van der Waals surface area contributed by atoms with E-state index in [0.717, 1.165) is 5.56 Å². The second kappa shape index (κ2) is 7.87. The van der Waals surface area contributed by atoms with Crippen LogP contribution in [-0.2, 0) is 4.74 Å². The van der Waals surface area contributed by atoms with E-state index in [4.69, 9.17) is 23.7 Å². The lowest BCUT2D eigenvalue weighted by atomic mass is 9.82. The van der Waals surface area contributed by atoms with Gasteiger partial charge in [-0.3, -0.25) is 0 Å². The van der Waals surface area contributed by atoms with Crippen LogP contribution in [0.1, 0.15) is 23.3 Å². The van der Waals surface area contributed by atoms with Crippen molar-refractivity contribution in [2.24, 2.45) is 11.8 Å².